The summed E-state index contributed by atoms with van der Waals surface area (Å²) in [5.41, 5.74) is 5.40. The number of carbonyl (C=O) groups excluding carboxylic acids is 2. The Morgan fingerprint density at radius 1 is 1.04 bits per heavy atom. The summed E-state index contributed by atoms with van der Waals surface area (Å²) in [6.07, 6.45) is 9.15. The lowest BCUT2D eigenvalue weighted by atomic mass is 9.90. The van der Waals surface area contributed by atoms with Gasteiger partial charge in [0.25, 0.3) is 0 Å². The average Bonchev–Trinajstić information content (AvgIpc) is 3.07. The van der Waals surface area contributed by atoms with E-state index in [9.17, 15) is 9.59 Å². The molecule has 3 fully saturated rings. The minimum atomic E-state index is -0.345. The summed E-state index contributed by atoms with van der Waals surface area (Å²) in [7, 11) is 0. The van der Waals surface area contributed by atoms with Gasteiger partial charge in [0, 0.05) is 12.6 Å². The number of nitrogens with zero attached hydrogens (tertiary/aromatic N) is 2. The third-order valence-electron chi connectivity index (χ3n) is 5.59. The van der Waals surface area contributed by atoms with E-state index in [1.54, 1.807) is 0 Å². The maximum Gasteiger partial charge on any atom is 0.237 e. The quantitative estimate of drug-likeness (QED) is 0.815. The lowest BCUT2D eigenvalue weighted by Gasteiger charge is -2.44. The Morgan fingerprint density at radius 3 is 2.48 bits per heavy atom. The second-order valence-electron chi connectivity index (χ2n) is 7.16. The van der Waals surface area contributed by atoms with Crippen molar-refractivity contribution in [2.75, 3.05) is 26.2 Å². The molecule has 0 spiro atoms. The van der Waals surface area contributed by atoms with Crippen LogP contribution in [-0.2, 0) is 14.3 Å². The number of amides is 2. The molecule has 1 saturated heterocycles. The molecule has 130 valence electrons. The first-order chi connectivity index (χ1) is 11.1. The zero-order valence-electron chi connectivity index (χ0n) is 13.9. The van der Waals surface area contributed by atoms with E-state index in [0.717, 1.165) is 25.7 Å². The van der Waals surface area contributed by atoms with Gasteiger partial charge in [-0.2, -0.15) is 0 Å². The van der Waals surface area contributed by atoms with Crippen LogP contribution in [0.5, 0.6) is 0 Å². The van der Waals surface area contributed by atoms with Gasteiger partial charge in [-0.05, 0) is 25.7 Å². The van der Waals surface area contributed by atoms with Crippen LogP contribution in [0.25, 0.3) is 0 Å². The number of fused-ring (bicyclic) bond motifs is 1. The average molecular weight is 323 g/mol. The molecule has 0 aromatic carbocycles. The number of rotatable bonds is 5. The number of primary amides is 1. The van der Waals surface area contributed by atoms with Crippen molar-refractivity contribution in [2.24, 2.45) is 5.73 Å². The van der Waals surface area contributed by atoms with Crippen molar-refractivity contribution >= 4 is 11.8 Å². The molecule has 0 bridgehead atoms. The molecule has 2 aliphatic carbocycles. The zero-order valence-corrected chi connectivity index (χ0v) is 13.9. The van der Waals surface area contributed by atoms with Crippen LogP contribution in [0.15, 0.2) is 0 Å². The number of nitrogens with two attached hydrogens (primary N) is 1. The molecule has 2 atom stereocenters. The van der Waals surface area contributed by atoms with E-state index >= 15 is 0 Å². The van der Waals surface area contributed by atoms with Crippen molar-refractivity contribution in [2.45, 2.75) is 69.6 Å². The van der Waals surface area contributed by atoms with E-state index in [2.05, 4.69) is 0 Å². The summed E-state index contributed by atoms with van der Waals surface area (Å²) in [6, 6.07) is 0.554. The first-order valence-electron chi connectivity index (χ1n) is 9.08. The maximum atomic E-state index is 12.9. The van der Waals surface area contributed by atoms with Crippen LogP contribution in [0.2, 0.25) is 0 Å². The van der Waals surface area contributed by atoms with Crippen LogP contribution in [0, 0.1) is 0 Å². The van der Waals surface area contributed by atoms with Gasteiger partial charge in [0.1, 0.15) is 0 Å². The molecular formula is C17H29N3O3. The highest BCUT2D eigenvalue weighted by Crippen LogP contribution is 2.29. The number of ether oxygens (including phenoxy) is 1. The number of carbonyl (C=O) groups is 2. The first-order valence-corrected chi connectivity index (χ1v) is 9.08. The van der Waals surface area contributed by atoms with Gasteiger partial charge in [0.15, 0.2) is 0 Å². The molecule has 0 aromatic heterocycles. The SMILES string of the molecule is NC(=O)CN(CC(=O)N1CCOC2CCCCC21)C1CCCC1. The first kappa shape index (κ1) is 16.7. The Balaban J connectivity index is 1.63. The van der Waals surface area contributed by atoms with Crippen LogP contribution < -0.4 is 5.73 Å². The van der Waals surface area contributed by atoms with Crippen LogP contribution >= 0.6 is 0 Å². The van der Waals surface area contributed by atoms with Gasteiger partial charge < -0.3 is 15.4 Å². The number of hydrogen-bond acceptors (Lipinski definition) is 4. The molecule has 1 heterocycles. The van der Waals surface area contributed by atoms with Crippen molar-refractivity contribution < 1.29 is 14.3 Å². The van der Waals surface area contributed by atoms with Gasteiger partial charge in [-0.25, -0.2) is 0 Å². The lowest BCUT2D eigenvalue weighted by Crippen LogP contribution is -2.57. The molecule has 0 aromatic rings. The molecule has 2 saturated carbocycles. The molecule has 23 heavy (non-hydrogen) atoms. The fraction of sp³-hybridized carbons (Fsp3) is 0.882. The Kier molecular flexibility index (Phi) is 5.54. The highest BCUT2D eigenvalue weighted by molar-refractivity contribution is 5.81. The predicted molar refractivity (Wildman–Crippen MR) is 86.7 cm³/mol. The normalized spacial score (nSPS) is 28.8. The van der Waals surface area contributed by atoms with Gasteiger partial charge >= 0.3 is 0 Å². The molecule has 6 heteroatoms. The Hall–Kier alpha value is -1.14. The van der Waals surface area contributed by atoms with Crippen LogP contribution in [0.4, 0.5) is 0 Å². The zero-order chi connectivity index (χ0) is 16.2. The Labute approximate surface area is 138 Å². The second kappa shape index (κ2) is 7.62. The smallest absolute Gasteiger partial charge is 0.237 e. The van der Waals surface area contributed by atoms with Crippen molar-refractivity contribution in [3.05, 3.63) is 0 Å². The largest absolute Gasteiger partial charge is 0.374 e. The fourth-order valence-corrected chi connectivity index (χ4v) is 4.45. The molecule has 2 unspecified atom stereocenters. The van der Waals surface area contributed by atoms with E-state index < -0.39 is 0 Å². The standard InChI is InChI=1S/C17H29N3O3/c18-16(21)11-19(13-5-1-2-6-13)12-17(22)20-9-10-23-15-8-4-3-7-14(15)20/h13-15H,1-12H2,(H2,18,21). The van der Waals surface area contributed by atoms with Crippen molar-refractivity contribution in [3.63, 3.8) is 0 Å². The van der Waals surface area contributed by atoms with Crippen molar-refractivity contribution in [1.29, 1.82) is 0 Å². The molecule has 3 aliphatic rings. The van der Waals surface area contributed by atoms with Gasteiger partial charge in [0.05, 0.1) is 31.8 Å². The minimum absolute atomic E-state index is 0.137. The molecule has 2 amide bonds. The van der Waals surface area contributed by atoms with Crippen LogP contribution in [0.1, 0.15) is 51.4 Å². The Bertz CT molecular complexity index is 435. The summed E-state index contributed by atoms with van der Waals surface area (Å²) in [4.78, 5) is 28.3. The van der Waals surface area contributed by atoms with Gasteiger partial charge in [-0.1, -0.05) is 25.7 Å². The van der Waals surface area contributed by atoms with Crippen molar-refractivity contribution in [1.82, 2.24) is 9.80 Å². The molecule has 0 radical (unpaired) electrons. The number of hydrogen-bond donors (Lipinski definition) is 1. The summed E-state index contributed by atoms with van der Waals surface area (Å²) >= 11 is 0. The van der Waals surface area contributed by atoms with Crippen molar-refractivity contribution in [3.8, 4) is 0 Å². The van der Waals surface area contributed by atoms with E-state index in [-0.39, 0.29) is 30.5 Å². The lowest BCUT2D eigenvalue weighted by molar-refractivity contribution is -0.151. The summed E-state index contributed by atoms with van der Waals surface area (Å²) in [6.45, 7) is 1.81. The summed E-state index contributed by atoms with van der Waals surface area (Å²) < 4.78 is 5.85. The molecule has 1 aliphatic heterocycles. The molecule has 2 N–H and O–H groups in total. The monoisotopic (exact) mass is 323 g/mol. The topological polar surface area (TPSA) is 75.9 Å². The third-order valence-corrected chi connectivity index (χ3v) is 5.59. The minimum Gasteiger partial charge on any atom is -0.374 e. The maximum absolute atomic E-state index is 12.9. The second-order valence-corrected chi connectivity index (χ2v) is 7.16. The van der Waals surface area contributed by atoms with Gasteiger partial charge in [-0.3, -0.25) is 14.5 Å². The summed E-state index contributed by atoms with van der Waals surface area (Å²) in [5.74, 6) is -0.208. The van der Waals surface area contributed by atoms with Gasteiger partial charge in [0.2, 0.25) is 11.8 Å². The highest BCUT2D eigenvalue weighted by atomic mass is 16.5. The Morgan fingerprint density at radius 2 is 1.74 bits per heavy atom. The number of morpholine rings is 1. The fourth-order valence-electron chi connectivity index (χ4n) is 4.45. The van der Waals surface area contributed by atoms with E-state index in [4.69, 9.17) is 10.5 Å². The molecule has 6 nitrogen and oxygen atoms in total. The van der Waals surface area contributed by atoms with Gasteiger partial charge in [-0.15, -0.1) is 0 Å². The molecular weight excluding hydrogens is 294 g/mol. The third kappa shape index (κ3) is 4.04. The predicted octanol–water partition coefficient (Wildman–Crippen LogP) is 0.886. The summed E-state index contributed by atoms with van der Waals surface area (Å²) in [5, 5.41) is 0. The van der Waals surface area contributed by atoms with Crippen LogP contribution in [-0.4, -0.2) is 66.0 Å². The van der Waals surface area contributed by atoms with Crippen LogP contribution in [0.3, 0.4) is 0 Å². The van der Waals surface area contributed by atoms with E-state index in [1.807, 2.05) is 9.80 Å². The molecule has 3 rings (SSSR count). The highest BCUT2D eigenvalue weighted by Gasteiger charge is 2.37. The van der Waals surface area contributed by atoms with E-state index in [1.165, 1.54) is 25.7 Å². The van der Waals surface area contributed by atoms with E-state index in [0.29, 0.717) is 25.7 Å².